The zero-order chi connectivity index (χ0) is 21.7. The Morgan fingerprint density at radius 3 is 2.50 bits per heavy atom. The van der Waals surface area contributed by atoms with Gasteiger partial charge >= 0.3 is 0 Å². The minimum Gasteiger partial charge on any atom is -0.461 e. The number of hydrogen-bond donors (Lipinski definition) is 0. The summed E-state index contributed by atoms with van der Waals surface area (Å²) in [6.45, 7) is 0. The van der Waals surface area contributed by atoms with Gasteiger partial charge in [-0.2, -0.15) is 5.10 Å². The van der Waals surface area contributed by atoms with Crippen molar-refractivity contribution in [1.29, 1.82) is 0 Å². The molecular formula is C27H19ClN2O2. The molecule has 0 N–H and O–H groups in total. The lowest BCUT2D eigenvalue weighted by Crippen LogP contribution is -2.45. The Kier molecular flexibility index (Phi) is 4.47. The Balaban J connectivity index is 1.42. The molecular weight excluding hydrogens is 420 g/mol. The highest BCUT2D eigenvalue weighted by Crippen LogP contribution is 2.43. The van der Waals surface area contributed by atoms with Crippen molar-refractivity contribution in [2.75, 3.05) is 0 Å². The fourth-order valence-electron chi connectivity index (χ4n) is 4.51. The molecule has 2 aliphatic rings. The van der Waals surface area contributed by atoms with E-state index >= 15 is 0 Å². The standard InChI is InChI=1S/C27H19ClN2O2/c28-21-13-11-18(12-14-21)26(31)27-30-24(22-7-3-4-8-25(22)32-27)16-23(29-30)20-10-9-17-5-1-2-6-19(17)15-20/h1-15,24,27H,16H2/t24-,27-/m1/s1. The lowest BCUT2D eigenvalue weighted by molar-refractivity contribution is -0.00455. The van der Waals surface area contributed by atoms with Crippen molar-refractivity contribution in [3.63, 3.8) is 0 Å². The smallest absolute Gasteiger partial charge is 0.251 e. The van der Waals surface area contributed by atoms with Crippen molar-refractivity contribution in [1.82, 2.24) is 5.01 Å². The number of para-hydroxylation sites is 1. The van der Waals surface area contributed by atoms with Gasteiger partial charge in [-0.05, 0) is 52.7 Å². The average molecular weight is 439 g/mol. The van der Waals surface area contributed by atoms with Crippen LogP contribution in [0.3, 0.4) is 0 Å². The van der Waals surface area contributed by atoms with Gasteiger partial charge < -0.3 is 4.74 Å². The van der Waals surface area contributed by atoms with E-state index in [0.717, 1.165) is 22.6 Å². The van der Waals surface area contributed by atoms with Crippen LogP contribution in [0.15, 0.2) is 96.1 Å². The Morgan fingerprint density at radius 1 is 0.906 bits per heavy atom. The van der Waals surface area contributed by atoms with Gasteiger partial charge in [0.05, 0.1) is 11.8 Å². The summed E-state index contributed by atoms with van der Waals surface area (Å²) in [5, 5.41) is 9.68. The number of rotatable bonds is 3. The number of halogens is 1. The number of fused-ring (bicyclic) bond motifs is 4. The second-order valence-electron chi connectivity index (χ2n) is 8.09. The molecule has 4 nitrogen and oxygen atoms in total. The number of hydrogen-bond acceptors (Lipinski definition) is 4. The van der Waals surface area contributed by atoms with Crippen LogP contribution in [0, 0.1) is 0 Å². The normalized spacial score (nSPS) is 19.2. The molecule has 0 bridgehead atoms. The first-order chi connectivity index (χ1) is 15.7. The van der Waals surface area contributed by atoms with Crippen LogP contribution in [-0.2, 0) is 0 Å². The molecule has 0 fully saturated rings. The summed E-state index contributed by atoms with van der Waals surface area (Å²) in [6, 6.07) is 29.4. The molecule has 2 atom stereocenters. The largest absolute Gasteiger partial charge is 0.461 e. The van der Waals surface area contributed by atoms with Crippen molar-refractivity contribution in [2.45, 2.75) is 18.7 Å². The lowest BCUT2D eigenvalue weighted by atomic mass is 9.95. The van der Waals surface area contributed by atoms with E-state index in [0.29, 0.717) is 17.0 Å². The van der Waals surface area contributed by atoms with Crippen LogP contribution in [0.2, 0.25) is 5.02 Å². The summed E-state index contributed by atoms with van der Waals surface area (Å²) in [7, 11) is 0. The number of benzene rings is 4. The minimum atomic E-state index is -0.825. The SMILES string of the molecule is O=C(c1ccc(Cl)cc1)[C@H]1Oc2ccccc2[C@H]2CC(c3ccc4ccccc4c3)=NN12. The molecule has 0 unspecified atom stereocenters. The van der Waals surface area contributed by atoms with Crippen molar-refractivity contribution in [2.24, 2.45) is 5.10 Å². The maximum absolute atomic E-state index is 13.4. The fraction of sp³-hybridized carbons (Fsp3) is 0.111. The summed E-state index contributed by atoms with van der Waals surface area (Å²) in [5.74, 6) is 0.598. The van der Waals surface area contributed by atoms with E-state index in [1.807, 2.05) is 35.3 Å². The van der Waals surface area contributed by atoms with Gasteiger partial charge in [-0.1, -0.05) is 66.2 Å². The summed E-state index contributed by atoms with van der Waals surface area (Å²) in [6.07, 6.45) is -0.114. The topological polar surface area (TPSA) is 41.9 Å². The van der Waals surface area contributed by atoms with Crippen molar-refractivity contribution < 1.29 is 9.53 Å². The Morgan fingerprint density at radius 2 is 1.66 bits per heavy atom. The predicted octanol–water partition coefficient (Wildman–Crippen LogP) is 6.25. The van der Waals surface area contributed by atoms with Crippen LogP contribution in [-0.4, -0.2) is 22.7 Å². The first-order valence-electron chi connectivity index (χ1n) is 10.6. The highest BCUT2D eigenvalue weighted by atomic mass is 35.5. The Hall–Kier alpha value is -3.63. The van der Waals surface area contributed by atoms with Crippen LogP contribution in [0.5, 0.6) is 5.75 Å². The number of carbonyl (C=O) groups excluding carboxylic acids is 1. The molecule has 2 heterocycles. The zero-order valence-electron chi connectivity index (χ0n) is 17.1. The van der Waals surface area contributed by atoms with Crippen LogP contribution in [0.1, 0.15) is 33.9 Å². The number of nitrogens with zero attached hydrogens (tertiary/aromatic N) is 2. The third-order valence-corrected chi connectivity index (χ3v) is 6.39. The zero-order valence-corrected chi connectivity index (χ0v) is 17.9. The highest BCUT2D eigenvalue weighted by molar-refractivity contribution is 6.30. The summed E-state index contributed by atoms with van der Waals surface area (Å²) in [5.41, 5.74) is 3.61. The molecule has 32 heavy (non-hydrogen) atoms. The van der Waals surface area contributed by atoms with Gasteiger partial charge in [-0.25, -0.2) is 5.01 Å². The van der Waals surface area contributed by atoms with Crippen molar-refractivity contribution in [3.8, 4) is 5.75 Å². The van der Waals surface area contributed by atoms with Gasteiger partial charge in [-0.15, -0.1) is 0 Å². The first-order valence-corrected chi connectivity index (χ1v) is 11.0. The molecule has 0 spiro atoms. The van der Waals surface area contributed by atoms with Gasteiger partial charge in [-0.3, -0.25) is 4.79 Å². The van der Waals surface area contributed by atoms with Crippen LogP contribution >= 0.6 is 11.6 Å². The molecule has 0 aromatic heterocycles. The summed E-state index contributed by atoms with van der Waals surface area (Å²) >= 11 is 6.01. The first kappa shape index (κ1) is 19.1. The molecule has 5 heteroatoms. The number of ether oxygens (including phenoxy) is 1. The molecule has 4 aromatic rings. The highest BCUT2D eigenvalue weighted by Gasteiger charge is 2.43. The lowest BCUT2D eigenvalue weighted by Gasteiger charge is -2.37. The summed E-state index contributed by atoms with van der Waals surface area (Å²) < 4.78 is 6.18. The molecule has 0 saturated carbocycles. The second kappa shape index (κ2) is 7.50. The minimum absolute atomic E-state index is 0.0531. The van der Waals surface area contributed by atoms with Crippen molar-refractivity contribution in [3.05, 3.63) is 113 Å². The maximum Gasteiger partial charge on any atom is 0.251 e. The molecule has 0 aliphatic carbocycles. The molecule has 4 aromatic carbocycles. The number of hydrazone groups is 1. The molecule has 6 rings (SSSR count). The van der Waals surface area contributed by atoms with Gasteiger partial charge in [0.1, 0.15) is 5.75 Å². The third-order valence-electron chi connectivity index (χ3n) is 6.13. The Bertz CT molecular complexity index is 1380. The van der Waals surface area contributed by atoms with Crippen molar-refractivity contribution >= 4 is 33.9 Å². The molecule has 156 valence electrons. The maximum atomic E-state index is 13.4. The number of ketones is 1. The van der Waals surface area contributed by atoms with E-state index in [-0.39, 0.29) is 11.8 Å². The van der Waals surface area contributed by atoms with E-state index in [9.17, 15) is 4.79 Å². The average Bonchev–Trinajstić information content (AvgIpc) is 3.29. The second-order valence-corrected chi connectivity index (χ2v) is 8.52. The predicted molar refractivity (Wildman–Crippen MR) is 126 cm³/mol. The van der Waals surface area contributed by atoms with Crippen LogP contribution in [0.25, 0.3) is 10.8 Å². The van der Waals surface area contributed by atoms with Crippen LogP contribution in [0.4, 0.5) is 0 Å². The quantitative estimate of drug-likeness (QED) is 0.355. The van der Waals surface area contributed by atoms with E-state index in [2.05, 4.69) is 36.4 Å². The number of carbonyl (C=O) groups is 1. The molecule has 0 radical (unpaired) electrons. The van der Waals surface area contributed by atoms with E-state index in [1.54, 1.807) is 24.3 Å². The molecule has 0 saturated heterocycles. The van der Waals surface area contributed by atoms with Gasteiger partial charge in [0, 0.05) is 22.6 Å². The van der Waals surface area contributed by atoms with Gasteiger partial charge in [0.2, 0.25) is 5.78 Å². The fourth-order valence-corrected chi connectivity index (χ4v) is 4.63. The van der Waals surface area contributed by atoms with E-state index < -0.39 is 6.23 Å². The van der Waals surface area contributed by atoms with Gasteiger partial charge in [0.15, 0.2) is 0 Å². The van der Waals surface area contributed by atoms with Crippen LogP contribution < -0.4 is 4.74 Å². The Labute approximate surface area is 190 Å². The summed E-state index contributed by atoms with van der Waals surface area (Å²) in [4.78, 5) is 13.4. The van der Waals surface area contributed by atoms with E-state index in [4.69, 9.17) is 21.4 Å². The monoisotopic (exact) mass is 438 g/mol. The van der Waals surface area contributed by atoms with E-state index in [1.165, 1.54) is 10.8 Å². The third kappa shape index (κ3) is 3.15. The van der Waals surface area contributed by atoms with Gasteiger partial charge in [0.25, 0.3) is 6.23 Å². The molecule has 2 aliphatic heterocycles. The molecule has 0 amide bonds. The number of Topliss-reactive ketones (excluding diaryl/α,β-unsaturated/α-hetero) is 1.